The predicted octanol–water partition coefficient (Wildman–Crippen LogP) is 4.13. The summed E-state index contributed by atoms with van der Waals surface area (Å²) >= 11 is 8.04. The van der Waals surface area contributed by atoms with Crippen molar-refractivity contribution in [3.05, 3.63) is 64.7 Å². The molecule has 0 bridgehead atoms. The molecule has 0 aliphatic carbocycles. The first-order chi connectivity index (χ1) is 8.81. The van der Waals surface area contributed by atoms with Crippen LogP contribution >= 0.6 is 23.4 Å². The van der Waals surface area contributed by atoms with Gasteiger partial charge in [0, 0.05) is 15.7 Å². The molecule has 3 heteroatoms. The van der Waals surface area contributed by atoms with E-state index in [-0.39, 0.29) is 0 Å². The monoisotopic (exact) mass is 277 g/mol. The van der Waals surface area contributed by atoms with Crippen LogP contribution in [0.1, 0.15) is 11.1 Å². The van der Waals surface area contributed by atoms with Crippen molar-refractivity contribution < 1.29 is 0 Å². The van der Waals surface area contributed by atoms with Gasteiger partial charge in [0.05, 0.1) is 0 Å². The number of nitrogens with two attached hydrogens (primary N) is 1. The third-order valence-electron chi connectivity index (χ3n) is 2.71. The molecule has 0 aliphatic heterocycles. The van der Waals surface area contributed by atoms with E-state index in [9.17, 15) is 0 Å². The lowest BCUT2D eigenvalue weighted by molar-refractivity contribution is 0.944. The molecule has 0 unspecified atom stereocenters. The molecule has 0 aliphatic rings. The third-order valence-corrected chi connectivity index (χ3v) is 4.23. The molecule has 0 spiro atoms. The molecule has 0 atom stereocenters. The second-order valence-corrected chi connectivity index (χ2v) is 5.45. The molecular formula is C15H16ClNS. The van der Waals surface area contributed by atoms with Gasteiger partial charge < -0.3 is 5.73 Å². The first-order valence-corrected chi connectivity index (χ1v) is 7.32. The predicted molar refractivity (Wildman–Crippen MR) is 80.2 cm³/mol. The van der Waals surface area contributed by atoms with Crippen LogP contribution in [0.25, 0.3) is 0 Å². The van der Waals surface area contributed by atoms with Crippen LogP contribution < -0.4 is 5.73 Å². The van der Waals surface area contributed by atoms with Gasteiger partial charge in [0.15, 0.2) is 0 Å². The van der Waals surface area contributed by atoms with Crippen LogP contribution in [0.2, 0.25) is 5.02 Å². The highest BCUT2D eigenvalue weighted by Gasteiger charge is 2.06. The molecule has 2 aromatic rings. The Balaban J connectivity index is 2.11. The Morgan fingerprint density at radius 2 is 1.78 bits per heavy atom. The van der Waals surface area contributed by atoms with E-state index in [1.165, 1.54) is 16.0 Å². The molecule has 18 heavy (non-hydrogen) atoms. The Morgan fingerprint density at radius 1 is 1.00 bits per heavy atom. The maximum Gasteiger partial charge on any atom is 0.0449 e. The molecule has 0 fully saturated rings. The zero-order valence-electron chi connectivity index (χ0n) is 10.1. The number of benzene rings is 2. The Kier molecular flexibility index (Phi) is 5.12. The summed E-state index contributed by atoms with van der Waals surface area (Å²) in [5.41, 5.74) is 8.13. The topological polar surface area (TPSA) is 26.0 Å². The molecule has 2 rings (SSSR count). The molecule has 2 N–H and O–H groups in total. The fourth-order valence-corrected chi connectivity index (χ4v) is 3.20. The van der Waals surface area contributed by atoms with Crippen LogP contribution in [0.4, 0.5) is 0 Å². The lowest BCUT2D eigenvalue weighted by Crippen LogP contribution is -2.04. The highest BCUT2D eigenvalue weighted by atomic mass is 35.5. The van der Waals surface area contributed by atoms with Crippen molar-refractivity contribution in [2.75, 3.05) is 6.54 Å². The molecule has 94 valence electrons. The average Bonchev–Trinajstić information content (AvgIpc) is 2.41. The highest BCUT2D eigenvalue weighted by Crippen LogP contribution is 2.30. The van der Waals surface area contributed by atoms with E-state index < -0.39 is 0 Å². The first kappa shape index (κ1) is 13.5. The van der Waals surface area contributed by atoms with Crippen LogP contribution in [0.5, 0.6) is 0 Å². The van der Waals surface area contributed by atoms with Crippen molar-refractivity contribution in [1.29, 1.82) is 0 Å². The summed E-state index contributed by atoms with van der Waals surface area (Å²) in [5, 5.41) is 0.818. The minimum Gasteiger partial charge on any atom is -0.330 e. The molecule has 1 nitrogen and oxygen atoms in total. The normalized spacial score (nSPS) is 10.6. The summed E-state index contributed by atoms with van der Waals surface area (Å²) in [5.74, 6) is 0.957. The molecule has 0 heterocycles. The highest BCUT2D eigenvalue weighted by molar-refractivity contribution is 7.98. The van der Waals surface area contributed by atoms with E-state index in [2.05, 4.69) is 30.3 Å². The van der Waals surface area contributed by atoms with Crippen molar-refractivity contribution in [3.8, 4) is 0 Å². The summed E-state index contributed by atoms with van der Waals surface area (Å²) in [6.45, 7) is 0.628. The molecule has 0 radical (unpaired) electrons. The zero-order chi connectivity index (χ0) is 12.8. The maximum absolute atomic E-state index is 6.22. The lowest BCUT2D eigenvalue weighted by Gasteiger charge is -2.10. The van der Waals surface area contributed by atoms with Crippen LogP contribution in [-0.2, 0) is 12.2 Å². The Labute approximate surface area is 117 Å². The summed E-state index contributed by atoms with van der Waals surface area (Å²) in [7, 11) is 0. The minimum atomic E-state index is 0.628. The van der Waals surface area contributed by atoms with Crippen LogP contribution in [0.3, 0.4) is 0 Å². The summed E-state index contributed by atoms with van der Waals surface area (Å²) in [6, 6.07) is 16.5. The van der Waals surface area contributed by atoms with Gasteiger partial charge in [-0.3, -0.25) is 0 Å². The van der Waals surface area contributed by atoms with Crippen LogP contribution in [-0.4, -0.2) is 6.54 Å². The molecule has 0 aromatic heterocycles. The van der Waals surface area contributed by atoms with Gasteiger partial charge >= 0.3 is 0 Å². The summed E-state index contributed by atoms with van der Waals surface area (Å²) in [6.07, 6.45) is 0.830. The maximum atomic E-state index is 6.22. The molecule has 0 saturated heterocycles. The smallest absolute Gasteiger partial charge is 0.0449 e. The summed E-state index contributed by atoms with van der Waals surface area (Å²) < 4.78 is 0. The van der Waals surface area contributed by atoms with Crippen molar-refractivity contribution in [3.63, 3.8) is 0 Å². The Hall–Kier alpha value is -0.960. The zero-order valence-corrected chi connectivity index (χ0v) is 11.7. The quantitative estimate of drug-likeness (QED) is 0.832. The van der Waals surface area contributed by atoms with Crippen molar-refractivity contribution in [1.82, 2.24) is 0 Å². The van der Waals surface area contributed by atoms with E-state index >= 15 is 0 Å². The van der Waals surface area contributed by atoms with E-state index in [4.69, 9.17) is 17.3 Å². The summed E-state index contributed by atoms with van der Waals surface area (Å²) in [4.78, 5) is 1.23. The van der Waals surface area contributed by atoms with Crippen molar-refractivity contribution in [2.24, 2.45) is 5.73 Å². The largest absolute Gasteiger partial charge is 0.330 e. The molecule has 2 aromatic carbocycles. The first-order valence-electron chi connectivity index (χ1n) is 5.95. The fraction of sp³-hybridized carbons (Fsp3) is 0.200. The molecule has 0 saturated carbocycles. The van der Waals surface area contributed by atoms with Crippen LogP contribution in [0, 0.1) is 0 Å². The van der Waals surface area contributed by atoms with Gasteiger partial charge in [0.25, 0.3) is 0 Å². The Bertz CT molecular complexity index is 499. The van der Waals surface area contributed by atoms with E-state index in [0.717, 1.165) is 17.2 Å². The molecular weight excluding hydrogens is 262 g/mol. The van der Waals surface area contributed by atoms with E-state index in [0.29, 0.717) is 6.54 Å². The van der Waals surface area contributed by atoms with E-state index in [1.807, 2.05) is 30.0 Å². The van der Waals surface area contributed by atoms with E-state index in [1.54, 1.807) is 0 Å². The number of hydrogen-bond donors (Lipinski definition) is 1. The van der Waals surface area contributed by atoms with Crippen LogP contribution in [0.15, 0.2) is 53.4 Å². The van der Waals surface area contributed by atoms with Gasteiger partial charge in [-0.25, -0.2) is 0 Å². The van der Waals surface area contributed by atoms with Gasteiger partial charge in [-0.05, 0) is 36.2 Å². The van der Waals surface area contributed by atoms with Crippen molar-refractivity contribution >= 4 is 23.4 Å². The lowest BCUT2D eigenvalue weighted by atomic mass is 10.1. The second-order valence-electron chi connectivity index (χ2n) is 4.03. The standard InChI is InChI=1S/C15H16ClNS/c16-14-7-4-8-15(13(14)9-10-17)18-11-12-5-2-1-3-6-12/h1-8H,9-11,17H2. The second kappa shape index (κ2) is 6.83. The van der Waals surface area contributed by atoms with Gasteiger partial charge in [-0.15, -0.1) is 11.8 Å². The van der Waals surface area contributed by atoms with Gasteiger partial charge in [-0.2, -0.15) is 0 Å². The number of halogens is 1. The fourth-order valence-electron chi connectivity index (χ4n) is 1.80. The SMILES string of the molecule is NCCc1c(Cl)cccc1SCc1ccccc1. The van der Waals surface area contributed by atoms with Gasteiger partial charge in [0.2, 0.25) is 0 Å². The van der Waals surface area contributed by atoms with Crippen molar-refractivity contribution in [2.45, 2.75) is 17.1 Å². The van der Waals surface area contributed by atoms with Gasteiger partial charge in [-0.1, -0.05) is 48.0 Å². The molecule has 0 amide bonds. The average molecular weight is 278 g/mol. The minimum absolute atomic E-state index is 0.628. The Morgan fingerprint density at radius 3 is 2.50 bits per heavy atom. The number of rotatable bonds is 5. The third kappa shape index (κ3) is 3.52. The van der Waals surface area contributed by atoms with Gasteiger partial charge in [0.1, 0.15) is 0 Å². The number of thioether (sulfide) groups is 1. The number of hydrogen-bond acceptors (Lipinski definition) is 2.